The standard InChI is InChI=1S/C20H19N3O3S/c1-2-26-19(25)15-8-10-16(11-9-15)22-18(24)14-27-20-21-12-13-23(20)17-6-4-3-5-7-17/h3-13H,2,14H2,1H3,(H,22,24). The zero-order valence-electron chi connectivity index (χ0n) is 14.8. The average molecular weight is 381 g/mol. The van der Waals surface area contributed by atoms with Crippen LogP contribution in [0.25, 0.3) is 5.69 Å². The number of thioether (sulfide) groups is 1. The Balaban J connectivity index is 1.56. The van der Waals surface area contributed by atoms with Crippen molar-refractivity contribution in [2.24, 2.45) is 0 Å². The van der Waals surface area contributed by atoms with E-state index >= 15 is 0 Å². The lowest BCUT2D eigenvalue weighted by molar-refractivity contribution is -0.113. The van der Waals surface area contributed by atoms with Crippen LogP contribution in [0.1, 0.15) is 17.3 Å². The van der Waals surface area contributed by atoms with Crippen LogP contribution in [-0.2, 0) is 9.53 Å². The molecule has 0 spiro atoms. The second-order valence-electron chi connectivity index (χ2n) is 5.55. The molecule has 6 nitrogen and oxygen atoms in total. The third kappa shape index (κ3) is 4.98. The Morgan fingerprint density at radius 3 is 2.56 bits per heavy atom. The molecule has 0 atom stereocenters. The SMILES string of the molecule is CCOC(=O)c1ccc(NC(=O)CSc2nccn2-c2ccccc2)cc1. The van der Waals surface area contributed by atoms with Crippen molar-refractivity contribution in [1.82, 2.24) is 9.55 Å². The number of para-hydroxylation sites is 1. The van der Waals surface area contributed by atoms with Gasteiger partial charge in [0.05, 0.1) is 17.9 Å². The normalized spacial score (nSPS) is 10.4. The lowest BCUT2D eigenvalue weighted by Crippen LogP contribution is -2.14. The molecule has 1 amide bonds. The monoisotopic (exact) mass is 381 g/mol. The number of benzene rings is 2. The average Bonchev–Trinajstić information content (AvgIpc) is 3.16. The molecule has 138 valence electrons. The van der Waals surface area contributed by atoms with Gasteiger partial charge in [-0.1, -0.05) is 30.0 Å². The van der Waals surface area contributed by atoms with Gasteiger partial charge in [0.15, 0.2) is 5.16 Å². The van der Waals surface area contributed by atoms with Crippen molar-refractivity contribution in [2.45, 2.75) is 12.1 Å². The first-order valence-corrected chi connectivity index (χ1v) is 9.44. The largest absolute Gasteiger partial charge is 0.462 e. The van der Waals surface area contributed by atoms with Crippen LogP contribution in [0.4, 0.5) is 5.69 Å². The van der Waals surface area contributed by atoms with Gasteiger partial charge in [-0.2, -0.15) is 0 Å². The highest BCUT2D eigenvalue weighted by Crippen LogP contribution is 2.20. The second-order valence-corrected chi connectivity index (χ2v) is 6.49. The minimum absolute atomic E-state index is 0.147. The fourth-order valence-corrected chi connectivity index (χ4v) is 3.19. The lowest BCUT2D eigenvalue weighted by Gasteiger charge is -2.08. The number of aromatic nitrogens is 2. The maximum Gasteiger partial charge on any atom is 0.338 e. The third-order valence-electron chi connectivity index (χ3n) is 3.65. The number of hydrogen-bond donors (Lipinski definition) is 1. The first-order chi connectivity index (χ1) is 13.2. The number of rotatable bonds is 7. The zero-order chi connectivity index (χ0) is 19.1. The van der Waals surface area contributed by atoms with Gasteiger partial charge in [-0.3, -0.25) is 9.36 Å². The van der Waals surface area contributed by atoms with Crippen molar-refractivity contribution >= 4 is 29.3 Å². The lowest BCUT2D eigenvalue weighted by atomic mass is 10.2. The van der Waals surface area contributed by atoms with Gasteiger partial charge >= 0.3 is 5.97 Å². The Labute approximate surface area is 161 Å². The molecule has 0 bridgehead atoms. The molecule has 3 rings (SSSR count). The van der Waals surface area contributed by atoms with E-state index in [9.17, 15) is 9.59 Å². The highest BCUT2D eigenvalue weighted by Gasteiger charge is 2.10. The number of ether oxygens (including phenoxy) is 1. The summed E-state index contributed by atoms with van der Waals surface area (Å²) in [5.41, 5.74) is 2.07. The fraction of sp³-hybridized carbons (Fsp3) is 0.150. The van der Waals surface area contributed by atoms with Gasteiger partial charge in [0.1, 0.15) is 0 Å². The van der Waals surface area contributed by atoms with Crippen molar-refractivity contribution in [1.29, 1.82) is 0 Å². The Morgan fingerprint density at radius 1 is 1.11 bits per heavy atom. The van der Waals surface area contributed by atoms with E-state index < -0.39 is 0 Å². The molecule has 1 heterocycles. The van der Waals surface area contributed by atoms with Crippen molar-refractivity contribution < 1.29 is 14.3 Å². The molecule has 0 aliphatic heterocycles. The molecule has 1 aromatic heterocycles. The number of carbonyl (C=O) groups is 2. The Kier molecular flexibility index (Phi) is 6.27. The first kappa shape index (κ1) is 18.7. The van der Waals surface area contributed by atoms with E-state index in [0.29, 0.717) is 17.9 Å². The Morgan fingerprint density at radius 2 is 1.85 bits per heavy atom. The highest BCUT2D eigenvalue weighted by atomic mass is 32.2. The molecule has 7 heteroatoms. The van der Waals surface area contributed by atoms with Crippen LogP contribution < -0.4 is 5.32 Å². The summed E-state index contributed by atoms with van der Waals surface area (Å²) < 4.78 is 6.87. The van der Waals surface area contributed by atoms with Gasteiger partial charge in [0.2, 0.25) is 5.91 Å². The topological polar surface area (TPSA) is 73.2 Å². The minimum atomic E-state index is -0.376. The number of esters is 1. The van der Waals surface area contributed by atoms with Crippen molar-refractivity contribution in [3.63, 3.8) is 0 Å². The van der Waals surface area contributed by atoms with Crippen LogP contribution in [0.2, 0.25) is 0 Å². The van der Waals surface area contributed by atoms with Crippen LogP contribution >= 0.6 is 11.8 Å². The van der Waals surface area contributed by atoms with Crippen molar-refractivity contribution in [3.8, 4) is 5.69 Å². The van der Waals surface area contributed by atoms with Crippen LogP contribution in [0.3, 0.4) is 0 Å². The summed E-state index contributed by atoms with van der Waals surface area (Å²) in [5, 5.41) is 3.56. The van der Waals surface area contributed by atoms with E-state index in [0.717, 1.165) is 10.8 Å². The van der Waals surface area contributed by atoms with Gasteiger partial charge in [0.25, 0.3) is 0 Å². The van der Waals surface area contributed by atoms with Crippen LogP contribution in [0.5, 0.6) is 0 Å². The van der Waals surface area contributed by atoms with Gasteiger partial charge in [0, 0.05) is 23.8 Å². The van der Waals surface area contributed by atoms with Crippen molar-refractivity contribution in [2.75, 3.05) is 17.7 Å². The predicted octanol–water partition coefficient (Wildman–Crippen LogP) is 3.78. The predicted molar refractivity (Wildman–Crippen MR) is 105 cm³/mol. The summed E-state index contributed by atoms with van der Waals surface area (Å²) in [6.45, 7) is 2.08. The molecule has 0 unspecified atom stereocenters. The zero-order valence-corrected chi connectivity index (χ0v) is 15.6. The summed E-state index contributed by atoms with van der Waals surface area (Å²) in [6, 6.07) is 16.4. The van der Waals surface area contributed by atoms with Crippen LogP contribution in [-0.4, -0.2) is 33.8 Å². The van der Waals surface area contributed by atoms with Gasteiger partial charge in [-0.25, -0.2) is 9.78 Å². The molecule has 0 aliphatic carbocycles. The van der Waals surface area contributed by atoms with E-state index in [1.54, 1.807) is 37.4 Å². The molecule has 0 radical (unpaired) electrons. The molecule has 0 saturated carbocycles. The van der Waals surface area contributed by atoms with Crippen LogP contribution in [0.15, 0.2) is 72.1 Å². The quantitative estimate of drug-likeness (QED) is 0.498. The summed E-state index contributed by atoms with van der Waals surface area (Å²) in [4.78, 5) is 28.2. The van der Waals surface area contributed by atoms with E-state index in [1.165, 1.54) is 11.8 Å². The number of amides is 1. The molecule has 0 aliphatic rings. The smallest absolute Gasteiger partial charge is 0.338 e. The minimum Gasteiger partial charge on any atom is -0.462 e. The molecule has 0 fully saturated rings. The maximum absolute atomic E-state index is 12.2. The molecular formula is C20H19N3O3S. The van der Waals surface area contributed by atoms with Gasteiger partial charge in [-0.05, 0) is 43.3 Å². The van der Waals surface area contributed by atoms with E-state index in [2.05, 4.69) is 10.3 Å². The second kappa shape index (κ2) is 9.05. The molecule has 1 N–H and O–H groups in total. The third-order valence-corrected chi connectivity index (χ3v) is 4.62. The first-order valence-electron chi connectivity index (χ1n) is 8.46. The van der Waals surface area contributed by atoms with E-state index in [-0.39, 0.29) is 17.6 Å². The van der Waals surface area contributed by atoms with Gasteiger partial charge < -0.3 is 10.1 Å². The molecule has 27 heavy (non-hydrogen) atoms. The number of imidazole rings is 1. The highest BCUT2D eigenvalue weighted by molar-refractivity contribution is 7.99. The van der Waals surface area contributed by atoms with Gasteiger partial charge in [-0.15, -0.1) is 0 Å². The fourth-order valence-electron chi connectivity index (χ4n) is 2.41. The van der Waals surface area contributed by atoms with Crippen molar-refractivity contribution in [3.05, 3.63) is 72.6 Å². The number of carbonyl (C=O) groups excluding carboxylic acids is 2. The van der Waals surface area contributed by atoms with E-state index in [4.69, 9.17) is 4.74 Å². The molecule has 3 aromatic rings. The molecular weight excluding hydrogens is 362 g/mol. The number of nitrogens with one attached hydrogen (secondary N) is 1. The summed E-state index contributed by atoms with van der Waals surface area (Å²) in [6.07, 6.45) is 3.57. The number of hydrogen-bond acceptors (Lipinski definition) is 5. The maximum atomic E-state index is 12.2. The summed E-state index contributed by atoms with van der Waals surface area (Å²) in [5.74, 6) is -0.297. The molecule has 0 saturated heterocycles. The number of anilines is 1. The Hall–Kier alpha value is -3.06. The van der Waals surface area contributed by atoms with Crippen LogP contribution in [0, 0.1) is 0 Å². The molecule has 2 aromatic carbocycles. The van der Waals surface area contributed by atoms with E-state index in [1.807, 2.05) is 41.1 Å². The summed E-state index contributed by atoms with van der Waals surface area (Å²) in [7, 11) is 0. The Bertz CT molecular complexity index is 908. The summed E-state index contributed by atoms with van der Waals surface area (Å²) >= 11 is 1.36. The number of nitrogens with zero attached hydrogens (tertiary/aromatic N) is 2.